The lowest BCUT2D eigenvalue weighted by Crippen LogP contribution is -2.16. The van der Waals surface area contributed by atoms with Gasteiger partial charge in [-0.25, -0.2) is 0 Å². The van der Waals surface area contributed by atoms with E-state index in [1.54, 1.807) is 7.11 Å². The highest BCUT2D eigenvalue weighted by Crippen LogP contribution is 2.32. The molecule has 1 aromatic heterocycles. The number of anilines is 1. The second kappa shape index (κ2) is 6.16. The number of nitrogens with one attached hydrogen (secondary N) is 2. The Labute approximate surface area is 135 Å². The molecule has 0 aliphatic heterocycles. The molecule has 0 saturated heterocycles. The topological polar surface area (TPSA) is 54.1 Å². The summed E-state index contributed by atoms with van der Waals surface area (Å²) in [6.45, 7) is 1.98. The number of methoxy groups -OCH3 is 1. The fraction of sp³-hybridized carbons (Fsp3) is 0.211. The van der Waals surface area contributed by atoms with Crippen molar-refractivity contribution >= 4 is 16.6 Å². The van der Waals surface area contributed by atoms with Crippen molar-refractivity contribution in [1.82, 2.24) is 4.98 Å². The molecule has 1 heterocycles. The molecule has 0 aliphatic carbocycles. The zero-order valence-corrected chi connectivity index (χ0v) is 13.6. The Kier molecular flexibility index (Phi) is 4.06. The van der Waals surface area contributed by atoms with Gasteiger partial charge in [0.05, 0.1) is 12.6 Å². The number of aromatic amines is 1. The van der Waals surface area contributed by atoms with E-state index >= 15 is 0 Å². The molecule has 0 fully saturated rings. The summed E-state index contributed by atoms with van der Waals surface area (Å²) in [6, 6.07) is 13.9. The second-order valence-electron chi connectivity index (χ2n) is 5.57. The average molecular weight is 308 g/mol. The van der Waals surface area contributed by atoms with Gasteiger partial charge in [0.25, 0.3) is 5.56 Å². The van der Waals surface area contributed by atoms with Crippen LogP contribution in [0.3, 0.4) is 0 Å². The van der Waals surface area contributed by atoms with Gasteiger partial charge in [-0.15, -0.1) is 0 Å². The first kappa shape index (κ1) is 15.2. The molecule has 2 aromatic carbocycles. The van der Waals surface area contributed by atoms with Crippen LogP contribution in [0.4, 0.5) is 5.69 Å². The maximum absolute atomic E-state index is 12.5. The lowest BCUT2D eigenvalue weighted by molar-refractivity contribution is 0.419. The standard InChI is InChI=1S/C19H20N2O2/c1-12-15(9-13-7-5-4-6-8-13)19(22)21-16-10-14(20-2)11-17(23-3)18(12)16/h4-8,10-11,20H,9H2,1-3H3,(H,21,22). The first-order valence-corrected chi connectivity index (χ1v) is 7.59. The van der Waals surface area contributed by atoms with E-state index in [0.717, 1.165) is 39.0 Å². The third kappa shape index (κ3) is 2.80. The molecule has 0 spiro atoms. The molecule has 0 amide bonds. The van der Waals surface area contributed by atoms with Crippen LogP contribution >= 0.6 is 0 Å². The normalized spacial score (nSPS) is 10.7. The Morgan fingerprint density at radius 2 is 1.91 bits per heavy atom. The van der Waals surface area contributed by atoms with Gasteiger partial charge in [-0.05, 0) is 24.1 Å². The predicted molar refractivity (Wildman–Crippen MR) is 94.7 cm³/mol. The van der Waals surface area contributed by atoms with Gasteiger partial charge in [-0.3, -0.25) is 4.79 Å². The van der Waals surface area contributed by atoms with E-state index in [2.05, 4.69) is 10.3 Å². The van der Waals surface area contributed by atoms with Gasteiger partial charge in [0.15, 0.2) is 0 Å². The van der Waals surface area contributed by atoms with Gasteiger partial charge >= 0.3 is 0 Å². The van der Waals surface area contributed by atoms with Crippen molar-refractivity contribution in [3.63, 3.8) is 0 Å². The first-order chi connectivity index (χ1) is 11.1. The largest absolute Gasteiger partial charge is 0.496 e. The molecule has 0 bridgehead atoms. The van der Waals surface area contributed by atoms with Gasteiger partial charge in [0, 0.05) is 36.2 Å². The van der Waals surface area contributed by atoms with E-state index in [-0.39, 0.29) is 5.56 Å². The number of ether oxygens (including phenoxy) is 1. The molecule has 0 saturated carbocycles. The van der Waals surface area contributed by atoms with E-state index in [1.165, 1.54) is 0 Å². The predicted octanol–water partition coefficient (Wildman–Crippen LogP) is 3.48. The van der Waals surface area contributed by atoms with Crippen molar-refractivity contribution in [2.45, 2.75) is 13.3 Å². The second-order valence-corrected chi connectivity index (χ2v) is 5.57. The summed E-state index contributed by atoms with van der Waals surface area (Å²) in [6.07, 6.45) is 0.606. The summed E-state index contributed by atoms with van der Waals surface area (Å²) in [5, 5.41) is 4.04. The number of hydrogen-bond donors (Lipinski definition) is 2. The molecule has 3 rings (SSSR count). The quantitative estimate of drug-likeness (QED) is 0.776. The van der Waals surface area contributed by atoms with Crippen LogP contribution in [-0.2, 0) is 6.42 Å². The number of rotatable bonds is 4. The monoisotopic (exact) mass is 308 g/mol. The molecule has 118 valence electrons. The Hall–Kier alpha value is -2.75. The molecule has 0 aliphatic rings. The Bertz CT molecular complexity index is 899. The van der Waals surface area contributed by atoms with Crippen LogP contribution in [0.15, 0.2) is 47.3 Å². The van der Waals surface area contributed by atoms with Crippen molar-refractivity contribution in [3.8, 4) is 5.75 Å². The van der Waals surface area contributed by atoms with E-state index < -0.39 is 0 Å². The van der Waals surface area contributed by atoms with Gasteiger partial charge in [-0.1, -0.05) is 30.3 Å². The minimum atomic E-state index is -0.0471. The highest BCUT2D eigenvalue weighted by atomic mass is 16.5. The summed E-state index contributed by atoms with van der Waals surface area (Å²) in [5.74, 6) is 0.759. The van der Waals surface area contributed by atoms with E-state index in [1.807, 2.05) is 56.4 Å². The van der Waals surface area contributed by atoms with Crippen molar-refractivity contribution in [1.29, 1.82) is 0 Å². The van der Waals surface area contributed by atoms with Crippen LogP contribution in [0, 0.1) is 6.92 Å². The number of H-pyrrole nitrogens is 1. The van der Waals surface area contributed by atoms with Crippen LogP contribution < -0.4 is 15.6 Å². The van der Waals surface area contributed by atoms with E-state index in [9.17, 15) is 4.79 Å². The third-order valence-electron chi connectivity index (χ3n) is 4.18. The molecule has 0 radical (unpaired) electrons. The highest BCUT2D eigenvalue weighted by molar-refractivity contribution is 5.92. The number of pyridine rings is 1. The van der Waals surface area contributed by atoms with E-state index in [0.29, 0.717) is 6.42 Å². The van der Waals surface area contributed by atoms with Gasteiger partial charge in [-0.2, -0.15) is 0 Å². The Balaban J connectivity index is 2.22. The van der Waals surface area contributed by atoms with Crippen molar-refractivity contribution < 1.29 is 4.74 Å². The third-order valence-corrected chi connectivity index (χ3v) is 4.18. The fourth-order valence-electron chi connectivity index (χ4n) is 2.94. The minimum absolute atomic E-state index is 0.0471. The molecule has 4 nitrogen and oxygen atoms in total. The number of aromatic nitrogens is 1. The molecule has 3 aromatic rings. The molecule has 0 atom stereocenters. The molecular weight excluding hydrogens is 288 g/mol. The van der Waals surface area contributed by atoms with Crippen molar-refractivity contribution in [2.24, 2.45) is 0 Å². The van der Waals surface area contributed by atoms with Crippen molar-refractivity contribution in [2.75, 3.05) is 19.5 Å². The number of fused-ring (bicyclic) bond motifs is 1. The smallest absolute Gasteiger partial charge is 0.252 e. The average Bonchev–Trinajstić information content (AvgIpc) is 2.58. The minimum Gasteiger partial charge on any atom is -0.496 e. The van der Waals surface area contributed by atoms with Crippen LogP contribution in [-0.4, -0.2) is 19.1 Å². The fourth-order valence-corrected chi connectivity index (χ4v) is 2.94. The summed E-state index contributed by atoms with van der Waals surface area (Å²) >= 11 is 0. The summed E-state index contributed by atoms with van der Waals surface area (Å²) < 4.78 is 5.53. The van der Waals surface area contributed by atoms with Crippen LogP contribution in [0.25, 0.3) is 10.9 Å². The zero-order valence-electron chi connectivity index (χ0n) is 13.6. The van der Waals surface area contributed by atoms with Gasteiger partial charge in [0.2, 0.25) is 0 Å². The molecule has 23 heavy (non-hydrogen) atoms. The molecular formula is C19H20N2O2. The maximum Gasteiger partial charge on any atom is 0.252 e. The summed E-state index contributed by atoms with van der Waals surface area (Å²) in [7, 11) is 3.49. The van der Waals surface area contributed by atoms with Gasteiger partial charge in [0.1, 0.15) is 5.75 Å². The molecule has 2 N–H and O–H groups in total. The van der Waals surface area contributed by atoms with E-state index in [4.69, 9.17) is 4.74 Å². The van der Waals surface area contributed by atoms with Crippen LogP contribution in [0.1, 0.15) is 16.7 Å². The molecule has 4 heteroatoms. The van der Waals surface area contributed by atoms with Crippen LogP contribution in [0.5, 0.6) is 5.75 Å². The summed E-state index contributed by atoms with van der Waals surface area (Å²) in [5.41, 5.74) is 4.50. The first-order valence-electron chi connectivity index (χ1n) is 7.59. The number of benzene rings is 2. The summed E-state index contributed by atoms with van der Waals surface area (Å²) in [4.78, 5) is 15.5. The lowest BCUT2D eigenvalue weighted by Gasteiger charge is -2.14. The SMILES string of the molecule is CNc1cc(OC)c2c(C)c(Cc3ccccc3)c(=O)[nH]c2c1. The zero-order chi connectivity index (χ0) is 16.4. The lowest BCUT2D eigenvalue weighted by atomic mass is 9.98. The van der Waals surface area contributed by atoms with Gasteiger partial charge < -0.3 is 15.0 Å². The Morgan fingerprint density at radius 1 is 1.17 bits per heavy atom. The number of aryl methyl sites for hydroxylation is 1. The Morgan fingerprint density at radius 3 is 2.57 bits per heavy atom. The number of hydrogen-bond acceptors (Lipinski definition) is 3. The molecule has 0 unspecified atom stereocenters. The maximum atomic E-state index is 12.5. The highest BCUT2D eigenvalue weighted by Gasteiger charge is 2.14. The van der Waals surface area contributed by atoms with Crippen molar-refractivity contribution in [3.05, 3.63) is 69.5 Å². The van der Waals surface area contributed by atoms with Crippen LogP contribution in [0.2, 0.25) is 0 Å².